The molecule has 17 aromatic carbocycles. The highest BCUT2D eigenvalue weighted by Crippen LogP contribution is 2.57. The molecule has 0 unspecified atom stereocenters. The number of anilines is 3. The summed E-state index contributed by atoms with van der Waals surface area (Å²) >= 11 is 5.83. The largest absolute Gasteiger partial charge is 0.457 e. The molecule has 0 spiro atoms. The van der Waals surface area contributed by atoms with E-state index in [2.05, 4.69) is 389 Å². The van der Waals surface area contributed by atoms with Gasteiger partial charge in [-0.25, -0.2) is 0 Å². The number of aromatic nitrogens is 3. The van der Waals surface area contributed by atoms with Crippen molar-refractivity contribution in [1.82, 2.24) is 13.7 Å². The molecular formula is C102H61BN4OS3. The molecule has 111 heavy (non-hydrogen) atoms. The standard InChI is InChI=1S/C102H61BN4OS3/c1-7-32-62(33-8-1)69-44-19-21-46-71(69)73-51-29-53-78-88-90-76-49-24-27-58-83(76)108-99(90)93-101(97(88)106(95(73)78)66-40-15-5-16-41-66)110-85-60-68(104(64-36-11-3-12-37-64)81-56-31-57-82-87(81)75-48-23-26-55-80(75)105(82)65-38-13-4-14-39-65)61-86-92(85)103(93)94-100-91(77-50-25-28-59-84(77)109-100)89-79-54-30-52-74(72-47-22-20-45-70(72)63-34-9-2-10-35-63)96(79)107(98(89)102(94)111-86)67-42-17-6-18-43-67/h1-61H. The first-order chi connectivity index (χ1) is 55.2. The molecule has 516 valence electrons. The molecule has 0 radical (unpaired) electrons. The lowest BCUT2D eigenvalue weighted by Gasteiger charge is -2.36. The summed E-state index contributed by atoms with van der Waals surface area (Å²) < 4.78 is 18.2. The molecule has 0 aliphatic carbocycles. The van der Waals surface area contributed by atoms with Gasteiger partial charge in [-0.1, -0.05) is 303 Å². The summed E-state index contributed by atoms with van der Waals surface area (Å²) in [7, 11) is 0. The van der Waals surface area contributed by atoms with Gasteiger partial charge >= 0.3 is 0 Å². The third kappa shape index (κ3) is 9.17. The lowest BCUT2D eigenvalue weighted by molar-refractivity contribution is 0.671. The predicted molar refractivity (Wildman–Crippen MR) is 472 cm³/mol. The van der Waals surface area contributed by atoms with E-state index in [0.29, 0.717) is 0 Å². The number of fused-ring (bicyclic) bond motifs is 25. The van der Waals surface area contributed by atoms with Gasteiger partial charge in [0, 0.05) is 122 Å². The summed E-state index contributed by atoms with van der Waals surface area (Å²) in [5.74, 6) is 0. The van der Waals surface area contributed by atoms with Crippen molar-refractivity contribution in [1.29, 1.82) is 0 Å². The number of nitrogens with zero attached hydrogens (tertiary/aromatic N) is 4. The van der Waals surface area contributed by atoms with E-state index in [1.807, 2.05) is 34.9 Å². The Kier molecular flexibility index (Phi) is 13.9. The second-order valence-electron chi connectivity index (χ2n) is 29.1. The Morgan fingerprint density at radius 2 is 0.730 bits per heavy atom. The van der Waals surface area contributed by atoms with Crippen LogP contribution in [0.2, 0.25) is 0 Å². The highest BCUT2D eigenvalue weighted by molar-refractivity contribution is 8.01. The quantitative estimate of drug-likeness (QED) is 0.128. The van der Waals surface area contributed by atoms with Crippen molar-refractivity contribution in [2.45, 2.75) is 19.6 Å². The lowest BCUT2D eigenvalue weighted by Crippen LogP contribution is -2.58. The molecule has 2 aliphatic heterocycles. The van der Waals surface area contributed by atoms with Gasteiger partial charge in [-0.15, -0.1) is 11.3 Å². The molecule has 0 saturated carbocycles. The number of benzene rings is 17. The molecule has 0 saturated heterocycles. The zero-order valence-electron chi connectivity index (χ0n) is 59.7. The van der Waals surface area contributed by atoms with Crippen LogP contribution in [0.1, 0.15) is 0 Å². The van der Waals surface area contributed by atoms with Crippen molar-refractivity contribution in [2.24, 2.45) is 0 Å². The molecule has 7 heterocycles. The van der Waals surface area contributed by atoms with Gasteiger partial charge in [0.05, 0.1) is 38.8 Å². The Morgan fingerprint density at radius 3 is 1.32 bits per heavy atom. The van der Waals surface area contributed by atoms with Crippen molar-refractivity contribution >= 4 is 183 Å². The molecule has 9 heteroatoms. The van der Waals surface area contributed by atoms with E-state index in [4.69, 9.17) is 4.42 Å². The van der Waals surface area contributed by atoms with Crippen molar-refractivity contribution < 1.29 is 4.42 Å². The topological polar surface area (TPSA) is 31.2 Å². The molecule has 2 aliphatic rings. The normalized spacial score (nSPS) is 12.6. The van der Waals surface area contributed by atoms with Gasteiger partial charge in [-0.05, 0) is 141 Å². The van der Waals surface area contributed by atoms with E-state index in [1.54, 1.807) is 0 Å². The maximum Gasteiger partial charge on any atom is 0.254 e. The van der Waals surface area contributed by atoms with E-state index in [0.717, 1.165) is 89.1 Å². The Morgan fingerprint density at radius 1 is 0.288 bits per heavy atom. The van der Waals surface area contributed by atoms with Gasteiger partial charge in [0.2, 0.25) is 0 Å². The first-order valence-electron chi connectivity index (χ1n) is 37.9. The fraction of sp³-hybridized carbons (Fsp3) is 0. The summed E-state index contributed by atoms with van der Waals surface area (Å²) in [5, 5.41) is 11.9. The van der Waals surface area contributed by atoms with Gasteiger partial charge in [0.15, 0.2) is 0 Å². The number of hydrogen-bond acceptors (Lipinski definition) is 5. The minimum atomic E-state index is -0.359. The molecule has 22 aromatic rings. The molecular weight excluding hydrogens is 1400 g/mol. The number of hydrogen-bond donors (Lipinski definition) is 0. The van der Waals surface area contributed by atoms with E-state index >= 15 is 0 Å². The van der Waals surface area contributed by atoms with Gasteiger partial charge in [0.1, 0.15) is 11.2 Å². The fourth-order valence-corrected chi connectivity index (χ4v) is 23.0. The van der Waals surface area contributed by atoms with Crippen LogP contribution in [0.4, 0.5) is 17.1 Å². The zero-order valence-corrected chi connectivity index (χ0v) is 62.2. The third-order valence-corrected chi connectivity index (χ3v) is 26.8. The maximum atomic E-state index is 7.90. The number of thiophene rings is 1. The van der Waals surface area contributed by atoms with Crippen LogP contribution in [0, 0.1) is 0 Å². The molecule has 5 nitrogen and oxygen atoms in total. The average Bonchev–Trinajstić information content (AvgIpc) is 1.54. The summed E-state index contributed by atoms with van der Waals surface area (Å²) in [4.78, 5) is 7.37. The van der Waals surface area contributed by atoms with Gasteiger partial charge in [0.25, 0.3) is 6.71 Å². The number of para-hydroxylation sites is 8. The van der Waals surface area contributed by atoms with Crippen molar-refractivity contribution in [3.63, 3.8) is 0 Å². The van der Waals surface area contributed by atoms with Gasteiger partial charge < -0.3 is 23.0 Å². The minimum absolute atomic E-state index is 0.359. The predicted octanol–water partition coefficient (Wildman–Crippen LogP) is 26.8. The Hall–Kier alpha value is -13.3. The average molecular weight is 1470 g/mol. The summed E-state index contributed by atoms with van der Waals surface area (Å²) in [6.45, 7) is -0.359. The van der Waals surface area contributed by atoms with Gasteiger partial charge in [-0.3, -0.25) is 0 Å². The third-order valence-electron chi connectivity index (χ3n) is 23.3. The van der Waals surface area contributed by atoms with Crippen LogP contribution in [0.3, 0.4) is 0 Å². The number of furan rings is 1. The van der Waals surface area contributed by atoms with Crippen LogP contribution in [-0.2, 0) is 0 Å². The smallest absolute Gasteiger partial charge is 0.254 e. The molecule has 5 aromatic heterocycles. The maximum absolute atomic E-state index is 7.90. The van der Waals surface area contributed by atoms with Crippen LogP contribution in [0.15, 0.2) is 394 Å². The van der Waals surface area contributed by atoms with E-state index in [9.17, 15) is 0 Å². The summed E-state index contributed by atoms with van der Waals surface area (Å²) in [5.41, 5.74) is 28.4. The van der Waals surface area contributed by atoms with Crippen molar-refractivity contribution in [2.75, 3.05) is 4.90 Å². The van der Waals surface area contributed by atoms with E-state index in [1.165, 1.54) is 133 Å². The first kappa shape index (κ1) is 62.7. The molecule has 0 atom stereocenters. The second-order valence-corrected chi connectivity index (χ2v) is 32.3. The molecule has 0 bridgehead atoms. The van der Waals surface area contributed by atoms with Gasteiger partial charge in [-0.2, -0.15) is 0 Å². The minimum Gasteiger partial charge on any atom is -0.457 e. The number of rotatable bonds is 10. The molecule has 0 amide bonds. The Labute approximate surface area is 651 Å². The zero-order chi connectivity index (χ0) is 72.5. The first-order valence-corrected chi connectivity index (χ1v) is 40.4. The molecule has 0 N–H and O–H groups in total. The fourth-order valence-electron chi connectivity index (χ4n) is 18.9. The van der Waals surface area contributed by atoms with E-state index < -0.39 is 0 Å². The molecule has 24 rings (SSSR count). The van der Waals surface area contributed by atoms with Crippen LogP contribution in [0.25, 0.3) is 169 Å². The van der Waals surface area contributed by atoms with Crippen molar-refractivity contribution in [3.05, 3.63) is 370 Å². The Balaban J connectivity index is 0.895. The van der Waals surface area contributed by atoms with E-state index in [-0.39, 0.29) is 6.71 Å². The summed E-state index contributed by atoms with van der Waals surface area (Å²) in [6, 6.07) is 137. The second kappa shape index (κ2) is 24.6. The SMILES string of the molecule is c1ccc(-c2ccccc2-c2cccc3c4c5c(oc6ccccc65)c5c(c4n(-c4ccccc4)c23)Sc2cc(N(c3ccccc3)c3cccc4c3c3ccccc3n4-c3ccccc3)cc3c2B5c2c(c4c(c5cccc(-c6ccccc6-c6ccccc6)c5n4-c4ccccc4)c4c2sc2ccccc24)S3)cc1. The van der Waals surface area contributed by atoms with Crippen LogP contribution >= 0.6 is 34.9 Å². The Bertz CT molecular complexity index is 7290. The highest BCUT2D eigenvalue weighted by atomic mass is 32.2. The van der Waals surface area contributed by atoms with Crippen LogP contribution < -0.4 is 21.3 Å². The molecule has 0 fully saturated rings. The van der Waals surface area contributed by atoms with Crippen LogP contribution in [0.5, 0.6) is 0 Å². The summed E-state index contributed by atoms with van der Waals surface area (Å²) in [6.07, 6.45) is 0. The lowest BCUT2D eigenvalue weighted by atomic mass is 9.36. The highest BCUT2D eigenvalue weighted by Gasteiger charge is 2.47. The van der Waals surface area contributed by atoms with Crippen LogP contribution in [-0.4, -0.2) is 20.4 Å². The van der Waals surface area contributed by atoms with Crippen molar-refractivity contribution in [3.8, 4) is 61.6 Å². The monoisotopic (exact) mass is 1460 g/mol.